The highest BCUT2D eigenvalue weighted by Gasteiger charge is 2.19. The zero-order chi connectivity index (χ0) is 16.5. The summed E-state index contributed by atoms with van der Waals surface area (Å²) in [6, 6.07) is 4.00. The molecular formula is C15H20N8S. The number of nitrogens with zero attached hydrogens (tertiary/aromatic N) is 8. The van der Waals surface area contributed by atoms with E-state index in [2.05, 4.69) is 41.4 Å². The minimum Gasteiger partial charge on any atom is -0.353 e. The Morgan fingerprint density at radius 2 is 1.92 bits per heavy atom. The lowest BCUT2D eigenvalue weighted by Gasteiger charge is -2.22. The van der Waals surface area contributed by atoms with E-state index in [1.807, 2.05) is 19.1 Å². The van der Waals surface area contributed by atoms with Crippen molar-refractivity contribution in [3.05, 3.63) is 23.8 Å². The molecule has 1 fully saturated rings. The fourth-order valence-corrected chi connectivity index (χ4v) is 3.71. The SMILES string of the molecule is CCc1nsc(N2CCCN(c3ccc4nnc(C)n4n3)CC2)n1. The summed E-state index contributed by atoms with van der Waals surface area (Å²) < 4.78 is 6.20. The predicted octanol–water partition coefficient (Wildman–Crippen LogP) is 1.56. The van der Waals surface area contributed by atoms with Gasteiger partial charge < -0.3 is 9.80 Å². The Kier molecular flexibility index (Phi) is 4.01. The number of hydrogen-bond acceptors (Lipinski definition) is 8. The summed E-state index contributed by atoms with van der Waals surface area (Å²) in [5.74, 6) is 2.72. The van der Waals surface area contributed by atoms with Gasteiger partial charge in [-0.25, -0.2) is 4.98 Å². The average Bonchev–Trinajstić information content (AvgIpc) is 3.15. The second-order valence-electron chi connectivity index (χ2n) is 5.88. The van der Waals surface area contributed by atoms with Gasteiger partial charge in [0.15, 0.2) is 11.5 Å². The summed E-state index contributed by atoms with van der Waals surface area (Å²) in [6.07, 6.45) is 1.96. The van der Waals surface area contributed by atoms with Gasteiger partial charge in [0.2, 0.25) is 5.13 Å². The Hall–Kier alpha value is -2.29. The first-order chi connectivity index (χ1) is 11.7. The Morgan fingerprint density at radius 1 is 1.08 bits per heavy atom. The summed E-state index contributed by atoms with van der Waals surface area (Å²) in [6.45, 7) is 7.84. The summed E-state index contributed by atoms with van der Waals surface area (Å²) in [7, 11) is 0. The topological polar surface area (TPSA) is 75.3 Å². The van der Waals surface area contributed by atoms with Crippen LogP contribution in [0.15, 0.2) is 12.1 Å². The fourth-order valence-electron chi connectivity index (χ4n) is 2.91. The van der Waals surface area contributed by atoms with Crippen LogP contribution in [-0.4, -0.2) is 55.3 Å². The normalized spacial score (nSPS) is 15.9. The summed E-state index contributed by atoms with van der Waals surface area (Å²) in [5.41, 5.74) is 0.786. The lowest BCUT2D eigenvalue weighted by molar-refractivity contribution is 0.769. The molecule has 0 aromatic carbocycles. The van der Waals surface area contributed by atoms with Crippen molar-refractivity contribution in [3.8, 4) is 0 Å². The van der Waals surface area contributed by atoms with Crippen LogP contribution in [0.2, 0.25) is 0 Å². The van der Waals surface area contributed by atoms with E-state index in [-0.39, 0.29) is 0 Å². The van der Waals surface area contributed by atoms with Gasteiger partial charge in [-0.05, 0) is 25.5 Å². The molecule has 4 rings (SSSR count). The van der Waals surface area contributed by atoms with Crippen molar-refractivity contribution in [2.75, 3.05) is 36.0 Å². The number of rotatable bonds is 3. The highest BCUT2D eigenvalue weighted by Crippen LogP contribution is 2.21. The standard InChI is InChI=1S/C15H20N8S/c1-3-12-16-15(24-20-12)22-8-4-7-21(9-10-22)14-6-5-13-18-17-11(2)23(13)19-14/h5-6H,3-4,7-10H2,1-2H3. The zero-order valence-electron chi connectivity index (χ0n) is 13.9. The van der Waals surface area contributed by atoms with Crippen LogP contribution in [0.1, 0.15) is 25.0 Å². The van der Waals surface area contributed by atoms with Crippen molar-refractivity contribution in [3.63, 3.8) is 0 Å². The van der Waals surface area contributed by atoms with E-state index in [0.29, 0.717) is 0 Å². The Balaban J connectivity index is 1.51. The largest absolute Gasteiger partial charge is 0.353 e. The average molecular weight is 344 g/mol. The van der Waals surface area contributed by atoms with Crippen molar-refractivity contribution < 1.29 is 0 Å². The molecule has 24 heavy (non-hydrogen) atoms. The maximum atomic E-state index is 4.69. The van der Waals surface area contributed by atoms with Crippen LogP contribution < -0.4 is 9.80 Å². The van der Waals surface area contributed by atoms with E-state index in [9.17, 15) is 0 Å². The smallest absolute Gasteiger partial charge is 0.205 e. The molecule has 4 heterocycles. The number of hydrogen-bond donors (Lipinski definition) is 0. The van der Waals surface area contributed by atoms with Crippen molar-refractivity contribution in [2.45, 2.75) is 26.7 Å². The highest BCUT2D eigenvalue weighted by atomic mass is 32.1. The van der Waals surface area contributed by atoms with Gasteiger partial charge in [0.05, 0.1) is 0 Å². The third kappa shape index (κ3) is 2.79. The molecule has 0 bridgehead atoms. The maximum absolute atomic E-state index is 4.69. The summed E-state index contributed by atoms with van der Waals surface area (Å²) in [4.78, 5) is 9.27. The molecule has 3 aromatic rings. The van der Waals surface area contributed by atoms with Gasteiger partial charge >= 0.3 is 0 Å². The van der Waals surface area contributed by atoms with E-state index in [4.69, 9.17) is 0 Å². The maximum Gasteiger partial charge on any atom is 0.205 e. The van der Waals surface area contributed by atoms with Gasteiger partial charge in [-0.15, -0.1) is 15.3 Å². The van der Waals surface area contributed by atoms with E-state index >= 15 is 0 Å². The van der Waals surface area contributed by atoms with Crippen LogP contribution in [0.4, 0.5) is 10.9 Å². The van der Waals surface area contributed by atoms with Crippen molar-refractivity contribution >= 4 is 28.1 Å². The highest BCUT2D eigenvalue weighted by molar-refractivity contribution is 7.09. The number of aryl methyl sites for hydroxylation is 2. The van der Waals surface area contributed by atoms with E-state index in [1.165, 1.54) is 11.5 Å². The van der Waals surface area contributed by atoms with Crippen molar-refractivity contribution in [2.24, 2.45) is 0 Å². The van der Waals surface area contributed by atoms with Crippen LogP contribution in [0, 0.1) is 6.92 Å². The van der Waals surface area contributed by atoms with E-state index in [0.717, 1.165) is 67.3 Å². The van der Waals surface area contributed by atoms with E-state index < -0.39 is 0 Å². The molecule has 0 saturated carbocycles. The first kappa shape index (κ1) is 15.3. The molecule has 0 radical (unpaired) electrons. The van der Waals surface area contributed by atoms with Crippen molar-refractivity contribution in [1.29, 1.82) is 0 Å². The second kappa shape index (κ2) is 6.31. The van der Waals surface area contributed by atoms with Gasteiger partial charge in [0.1, 0.15) is 11.6 Å². The molecule has 0 atom stereocenters. The van der Waals surface area contributed by atoms with Gasteiger partial charge in [-0.1, -0.05) is 6.92 Å². The second-order valence-corrected chi connectivity index (χ2v) is 6.61. The van der Waals surface area contributed by atoms with Gasteiger partial charge in [0, 0.05) is 44.1 Å². The third-order valence-electron chi connectivity index (χ3n) is 4.27. The van der Waals surface area contributed by atoms with Crippen molar-refractivity contribution in [1.82, 2.24) is 29.2 Å². The first-order valence-electron chi connectivity index (χ1n) is 8.26. The first-order valence-corrected chi connectivity index (χ1v) is 9.03. The van der Waals surface area contributed by atoms with Gasteiger partial charge in [0.25, 0.3) is 0 Å². The Labute approximate surface area is 144 Å². The Bertz CT molecular complexity index is 841. The number of aromatic nitrogens is 6. The molecular weight excluding hydrogens is 324 g/mol. The molecule has 8 nitrogen and oxygen atoms in total. The lowest BCUT2D eigenvalue weighted by atomic mass is 10.3. The molecule has 1 saturated heterocycles. The third-order valence-corrected chi connectivity index (χ3v) is 5.08. The van der Waals surface area contributed by atoms with Crippen LogP contribution in [0.5, 0.6) is 0 Å². The Morgan fingerprint density at radius 3 is 2.75 bits per heavy atom. The molecule has 0 amide bonds. The summed E-state index contributed by atoms with van der Waals surface area (Å²) >= 11 is 1.50. The molecule has 0 unspecified atom stereocenters. The van der Waals surface area contributed by atoms with Crippen LogP contribution in [0.3, 0.4) is 0 Å². The van der Waals surface area contributed by atoms with Gasteiger partial charge in [-0.3, -0.25) is 0 Å². The van der Waals surface area contributed by atoms with E-state index in [1.54, 1.807) is 4.52 Å². The molecule has 3 aromatic heterocycles. The molecule has 0 spiro atoms. The van der Waals surface area contributed by atoms with Crippen LogP contribution >= 0.6 is 11.5 Å². The minimum absolute atomic E-state index is 0.786. The number of anilines is 2. The zero-order valence-corrected chi connectivity index (χ0v) is 14.7. The predicted molar refractivity (Wildman–Crippen MR) is 93.8 cm³/mol. The molecule has 1 aliphatic heterocycles. The monoisotopic (exact) mass is 344 g/mol. The molecule has 126 valence electrons. The van der Waals surface area contributed by atoms with Crippen LogP contribution in [-0.2, 0) is 6.42 Å². The molecule has 1 aliphatic rings. The number of fused-ring (bicyclic) bond motifs is 1. The minimum atomic E-state index is 0.786. The van der Waals surface area contributed by atoms with Crippen LogP contribution in [0.25, 0.3) is 5.65 Å². The molecule has 0 aliphatic carbocycles. The molecule has 9 heteroatoms. The summed E-state index contributed by atoms with van der Waals surface area (Å²) in [5, 5.41) is 13.9. The quantitative estimate of drug-likeness (QED) is 0.714. The fraction of sp³-hybridized carbons (Fsp3) is 0.533. The lowest BCUT2D eigenvalue weighted by Crippen LogP contribution is -2.31. The molecule has 0 N–H and O–H groups in total. The van der Waals surface area contributed by atoms with Gasteiger partial charge in [-0.2, -0.15) is 8.89 Å².